The lowest BCUT2D eigenvalue weighted by molar-refractivity contribution is 0.102. The number of nitrogen functional groups attached to an aromatic ring is 1. The highest BCUT2D eigenvalue weighted by Crippen LogP contribution is 2.32. The molecule has 2 unspecified atom stereocenters. The summed E-state index contributed by atoms with van der Waals surface area (Å²) in [6.45, 7) is 3.26. The number of rotatable bonds is 2. The number of hydrogen-bond donors (Lipinski definition) is 2. The Bertz CT molecular complexity index is 501. The zero-order valence-electron chi connectivity index (χ0n) is 12.0. The van der Waals surface area contributed by atoms with Gasteiger partial charge in [-0.05, 0) is 50.9 Å². The van der Waals surface area contributed by atoms with Crippen LogP contribution in [0.1, 0.15) is 24.8 Å². The molecule has 3 heterocycles. The van der Waals surface area contributed by atoms with E-state index in [2.05, 4.69) is 21.8 Å². The fourth-order valence-corrected chi connectivity index (χ4v) is 3.70. The Labute approximate surface area is 120 Å². The van der Waals surface area contributed by atoms with Gasteiger partial charge in [-0.1, -0.05) is 0 Å². The molecule has 5 heteroatoms. The highest BCUT2D eigenvalue weighted by molar-refractivity contribution is 5.99. The minimum atomic E-state index is 0.107. The van der Waals surface area contributed by atoms with Gasteiger partial charge in [0.25, 0.3) is 0 Å². The maximum atomic E-state index is 7.71. The molecule has 0 amide bonds. The molecule has 5 nitrogen and oxygen atoms in total. The SMILES string of the molecule is CN1CCCC2CN(c3ncccc3C(=N)N)CCC21. The Morgan fingerprint density at radius 3 is 3.05 bits per heavy atom. The van der Waals surface area contributed by atoms with Crippen LogP contribution < -0.4 is 10.6 Å². The number of fused-ring (bicyclic) bond motifs is 1. The average Bonchev–Trinajstić information content (AvgIpc) is 2.47. The van der Waals surface area contributed by atoms with Crippen LogP contribution in [0.3, 0.4) is 0 Å². The predicted octanol–water partition coefficient (Wildman–Crippen LogP) is 1.29. The number of amidine groups is 1. The van der Waals surface area contributed by atoms with Gasteiger partial charge < -0.3 is 15.5 Å². The van der Waals surface area contributed by atoms with Gasteiger partial charge in [0.1, 0.15) is 11.7 Å². The van der Waals surface area contributed by atoms with E-state index in [0.29, 0.717) is 12.0 Å². The summed E-state index contributed by atoms with van der Waals surface area (Å²) in [5, 5.41) is 7.71. The third-order valence-electron chi connectivity index (χ3n) is 4.72. The summed E-state index contributed by atoms with van der Waals surface area (Å²) in [6, 6.07) is 4.45. The fraction of sp³-hybridized carbons (Fsp3) is 0.600. The number of piperidine rings is 2. The van der Waals surface area contributed by atoms with Crippen molar-refractivity contribution < 1.29 is 0 Å². The van der Waals surface area contributed by atoms with Crippen LogP contribution in [-0.2, 0) is 0 Å². The van der Waals surface area contributed by atoms with E-state index in [4.69, 9.17) is 11.1 Å². The van der Waals surface area contributed by atoms with Crippen molar-refractivity contribution in [3.8, 4) is 0 Å². The molecular formula is C15H23N5. The van der Waals surface area contributed by atoms with E-state index < -0.39 is 0 Å². The highest BCUT2D eigenvalue weighted by Gasteiger charge is 2.35. The van der Waals surface area contributed by atoms with E-state index in [-0.39, 0.29) is 5.84 Å². The van der Waals surface area contributed by atoms with Gasteiger partial charge >= 0.3 is 0 Å². The molecule has 0 radical (unpaired) electrons. The molecule has 0 aliphatic carbocycles. The van der Waals surface area contributed by atoms with E-state index in [1.165, 1.54) is 25.8 Å². The van der Waals surface area contributed by atoms with Crippen LogP contribution in [0, 0.1) is 11.3 Å². The standard InChI is InChI=1S/C15H23N5/c1-19-8-3-4-11-10-20(9-6-13(11)19)15-12(14(16)17)5-2-7-18-15/h2,5,7,11,13H,3-4,6,8-10H2,1H3,(H3,16,17). The molecule has 2 saturated heterocycles. The van der Waals surface area contributed by atoms with Gasteiger partial charge in [0.15, 0.2) is 0 Å². The first-order chi connectivity index (χ1) is 9.66. The quantitative estimate of drug-likeness (QED) is 0.629. The molecule has 0 bridgehead atoms. The van der Waals surface area contributed by atoms with E-state index in [0.717, 1.165) is 24.5 Å². The molecule has 0 spiro atoms. The number of nitrogens with one attached hydrogen (secondary N) is 1. The van der Waals surface area contributed by atoms with Crippen molar-refractivity contribution in [1.82, 2.24) is 9.88 Å². The van der Waals surface area contributed by atoms with Crippen molar-refractivity contribution in [2.45, 2.75) is 25.3 Å². The topological polar surface area (TPSA) is 69.2 Å². The Morgan fingerprint density at radius 1 is 1.40 bits per heavy atom. The second kappa shape index (κ2) is 5.40. The minimum absolute atomic E-state index is 0.107. The maximum Gasteiger partial charge on any atom is 0.139 e. The third kappa shape index (κ3) is 2.38. The smallest absolute Gasteiger partial charge is 0.139 e. The lowest BCUT2D eigenvalue weighted by Gasteiger charge is -2.46. The first kappa shape index (κ1) is 13.4. The van der Waals surface area contributed by atoms with E-state index in [9.17, 15) is 0 Å². The number of anilines is 1. The zero-order valence-corrected chi connectivity index (χ0v) is 12.0. The Hall–Kier alpha value is -1.62. The van der Waals surface area contributed by atoms with Gasteiger partial charge in [-0.3, -0.25) is 5.41 Å². The highest BCUT2D eigenvalue weighted by atomic mass is 15.2. The lowest BCUT2D eigenvalue weighted by atomic mass is 9.84. The number of nitrogens with zero attached hydrogens (tertiary/aromatic N) is 3. The number of nitrogens with two attached hydrogens (primary N) is 1. The molecule has 2 atom stereocenters. The minimum Gasteiger partial charge on any atom is -0.384 e. The summed E-state index contributed by atoms with van der Waals surface area (Å²) in [4.78, 5) is 9.30. The molecule has 1 aromatic heterocycles. The molecule has 0 aromatic carbocycles. The van der Waals surface area contributed by atoms with Gasteiger partial charge in [-0.25, -0.2) is 4.98 Å². The maximum absolute atomic E-state index is 7.71. The summed E-state index contributed by atoms with van der Waals surface area (Å²) in [5.74, 6) is 1.70. The summed E-state index contributed by atoms with van der Waals surface area (Å²) in [5.41, 5.74) is 6.44. The van der Waals surface area contributed by atoms with Gasteiger partial charge in [-0.15, -0.1) is 0 Å². The number of aromatic nitrogens is 1. The molecule has 2 fully saturated rings. The molecule has 108 valence electrons. The molecule has 0 saturated carbocycles. The predicted molar refractivity (Wildman–Crippen MR) is 81.2 cm³/mol. The van der Waals surface area contributed by atoms with E-state index in [1.807, 2.05) is 12.1 Å². The molecule has 20 heavy (non-hydrogen) atoms. The van der Waals surface area contributed by atoms with Crippen LogP contribution in [0.25, 0.3) is 0 Å². The summed E-state index contributed by atoms with van der Waals surface area (Å²) in [7, 11) is 2.24. The first-order valence-corrected chi connectivity index (χ1v) is 7.41. The van der Waals surface area contributed by atoms with Crippen LogP contribution in [0.15, 0.2) is 18.3 Å². The Balaban J connectivity index is 1.81. The summed E-state index contributed by atoms with van der Waals surface area (Å²) in [6.07, 6.45) is 5.55. The van der Waals surface area contributed by atoms with Crippen LogP contribution >= 0.6 is 0 Å². The Morgan fingerprint density at radius 2 is 2.25 bits per heavy atom. The van der Waals surface area contributed by atoms with Gasteiger partial charge in [-0.2, -0.15) is 0 Å². The van der Waals surface area contributed by atoms with Crippen molar-refractivity contribution >= 4 is 11.7 Å². The van der Waals surface area contributed by atoms with Gasteiger partial charge in [0.2, 0.25) is 0 Å². The molecule has 2 aliphatic heterocycles. The van der Waals surface area contributed by atoms with Crippen LogP contribution in [-0.4, -0.2) is 48.4 Å². The van der Waals surface area contributed by atoms with Crippen molar-refractivity contribution in [3.63, 3.8) is 0 Å². The second-order valence-corrected chi connectivity index (χ2v) is 5.97. The molecule has 2 aliphatic rings. The van der Waals surface area contributed by atoms with Crippen molar-refractivity contribution in [2.24, 2.45) is 11.7 Å². The zero-order chi connectivity index (χ0) is 14.1. The van der Waals surface area contributed by atoms with Crippen molar-refractivity contribution in [3.05, 3.63) is 23.9 Å². The Kier molecular flexibility index (Phi) is 3.61. The summed E-state index contributed by atoms with van der Waals surface area (Å²) >= 11 is 0. The molecular weight excluding hydrogens is 250 g/mol. The number of pyridine rings is 1. The normalized spacial score (nSPS) is 27.1. The van der Waals surface area contributed by atoms with Crippen molar-refractivity contribution in [2.75, 3.05) is 31.6 Å². The van der Waals surface area contributed by atoms with Gasteiger partial charge in [0, 0.05) is 25.3 Å². The van der Waals surface area contributed by atoms with Crippen LogP contribution in [0.4, 0.5) is 5.82 Å². The van der Waals surface area contributed by atoms with Crippen molar-refractivity contribution in [1.29, 1.82) is 5.41 Å². The average molecular weight is 273 g/mol. The van der Waals surface area contributed by atoms with Crippen LogP contribution in [0.2, 0.25) is 0 Å². The second-order valence-electron chi connectivity index (χ2n) is 5.97. The number of hydrogen-bond acceptors (Lipinski definition) is 4. The monoisotopic (exact) mass is 273 g/mol. The van der Waals surface area contributed by atoms with Gasteiger partial charge in [0.05, 0.1) is 5.56 Å². The molecule has 3 N–H and O–H groups in total. The summed E-state index contributed by atoms with van der Waals surface area (Å²) < 4.78 is 0. The van der Waals surface area contributed by atoms with E-state index in [1.54, 1.807) is 6.20 Å². The fourth-order valence-electron chi connectivity index (χ4n) is 3.70. The molecule has 1 aromatic rings. The number of likely N-dealkylation sites (tertiary alicyclic amines) is 1. The van der Waals surface area contributed by atoms with E-state index >= 15 is 0 Å². The third-order valence-corrected chi connectivity index (χ3v) is 4.72. The molecule has 3 rings (SSSR count). The van der Waals surface area contributed by atoms with Crippen LogP contribution in [0.5, 0.6) is 0 Å². The lowest BCUT2D eigenvalue weighted by Crippen LogP contribution is -2.53. The first-order valence-electron chi connectivity index (χ1n) is 7.41. The largest absolute Gasteiger partial charge is 0.384 e.